The van der Waals surface area contributed by atoms with Crippen LogP contribution in [-0.4, -0.2) is 55.4 Å². The van der Waals surface area contributed by atoms with Crippen molar-refractivity contribution in [2.75, 3.05) is 31.6 Å². The number of aromatic nitrogens is 1. The summed E-state index contributed by atoms with van der Waals surface area (Å²) in [5.74, 6) is 1.54. The van der Waals surface area contributed by atoms with Crippen molar-refractivity contribution in [3.63, 3.8) is 0 Å². The summed E-state index contributed by atoms with van der Waals surface area (Å²) in [5, 5.41) is 7.75. The summed E-state index contributed by atoms with van der Waals surface area (Å²) >= 11 is 6.45. The molecule has 1 unspecified atom stereocenters. The van der Waals surface area contributed by atoms with E-state index in [0.29, 0.717) is 23.5 Å². The monoisotopic (exact) mass is 403 g/mol. The summed E-state index contributed by atoms with van der Waals surface area (Å²) in [7, 11) is 0. The summed E-state index contributed by atoms with van der Waals surface area (Å²) in [6.07, 6.45) is 12.1. The van der Waals surface area contributed by atoms with Crippen LogP contribution in [0.2, 0.25) is 5.02 Å². The van der Waals surface area contributed by atoms with Crippen molar-refractivity contribution < 1.29 is 4.74 Å². The Morgan fingerprint density at radius 3 is 2.75 bits per heavy atom. The molecule has 4 rings (SSSR count). The first-order valence-electron chi connectivity index (χ1n) is 10.6. The zero-order valence-corrected chi connectivity index (χ0v) is 17.1. The van der Waals surface area contributed by atoms with Gasteiger partial charge in [0, 0.05) is 43.8 Å². The number of anilines is 1. The van der Waals surface area contributed by atoms with Crippen LogP contribution in [0.15, 0.2) is 22.2 Å². The van der Waals surface area contributed by atoms with E-state index in [9.17, 15) is 0 Å². The molecule has 0 amide bonds. The van der Waals surface area contributed by atoms with E-state index in [1.807, 2.05) is 12.3 Å². The van der Waals surface area contributed by atoms with Crippen LogP contribution in [0.25, 0.3) is 0 Å². The van der Waals surface area contributed by atoms with Crippen LogP contribution < -0.4 is 10.6 Å². The van der Waals surface area contributed by atoms with Crippen LogP contribution in [0, 0.1) is 5.92 Å². The summed E-state index contributed by atoms with van der Waals surface area (Å²) in [4.78, 5) is 13.9. The van der Waals surface area contributed by atoms with Crippen LogP contribution >= 0.6 is 11.6 Å². The van der Waals surface area contributed by atoms with E-state index in [1.165, 1.54) is 32.1 Å². The Balaban J connectivity index is 1.41. The number of rotatable bonds is 6. The molecule has 3 heterocycles. The number of halogens is 1. The van der Waals surface area contributed by atoms with Crippen LogP contribution in [0.3, 0.4) is 0 Å². The second-order valence-corrected chi connectivity index (χ2v) is 8.42. The third kappa shape index (κ3) is 5.31. The molecule has 2 aliphatic heterocycles. The third-order valence-corrected chi connectivity index (χ3v) is 6.16. The number of nitrogens with one attached hydrogen (secondary N) is 2. The van der Waals surface area contributed by atoms with Crippen molar-refractivity contribution in [1.29, 1.82) is 0 Å². The van der Waals surface area contributed by atoms with Gasteiger partial charge in [-0.3, -0.25) is 15.3 Å². The van der Waals surface area contributed by atoms with E-state index >= 15 is 0 Å². The predicted molar refractivity (Wildman–Crippen MR) is 115 cm³/mol. The average Bonchev–Trinajstić information content (AvgIpc) is 2.75. The highest BCUT2D eigenvalue weighted by Crippen LogP contribution is 2.24. The normalized spacial score (nSPS) is 24.2. The van der Waals surface area contributed by atoms with Gasteiger partial charge >= 0.3 is 0 Å². The lowest BCUT2D eigenvalue weighted by Crippen LogP contribution is -2.38. The van der Waals surface area contributed by atoms with Gasteiger partial charge in [-0.1, -0.05) is 30.9 Å². The van der Waals surface area contributed by atoms with Gasteiger partial charge in [-0.05, 0) is 37.7 Å². The first-order chi connectivity index (χ1) is 13.8. The fourth-order valence-corrected chi connectivity index (χ4v) is 4.35. The molecular formula is C21H30ClN5O. The van der Waals surface area contributed by atoms with E-state index in [4.69, 9.17) is 21.3 Å². The Labute approximate surface area is 172 Å². The molecule has 1 atom stereocenters. The molecule has 7 heteroatoms. The van der Waals surface area contributed by atoms with Gasteiger partial charge in [0.15, 0.2) is 0 Å². The van der Waals surface area contributed by atoms with Gasteiger partial charge in [-0.15, -0.1) is 0 Å². The topological polar surface area (TPSA) is 70.9 Å². The second kappa shape index (κ2) is 9.81. The molecule has 0 radical (unpaired) electrons. The van der Waals surface area contributed by atoms with Crippen molar-refractivity contribution >= 4 is 29.3 Å². The highest BCUT2D eigenvalue weighted by atomic mass is 35.5. The molecule has 0 aromatic carbocycles. The second-order valence-electron chi connectivity index (χ2n) is 8.02. The molecule has 2 fully saturated rings. The van der Waals surface area contributed by atoms with E-state index < -0.39 is 0 Å². The molecule has 0 bridgehead atoms. The van der Waals surface area contributed by atoms with Crippen molar-refractivity contribution in [2.24, 2.45) is 15.9 Å². The first kappa shape index (κ1) is 19.8. The maximum Gasteiger partial charge on any atom is 0.126 e. The van der Waals surface area contributed by atoms with E-state index in [0.717, 1.165) is 49.7 Å². The zero-order chi connectivity index (χ0) is 19.2. The summed E-state index contributed by atoms with van der Waals surface area (Å²) < 4.78 is 5.44. The smallest absolute Gasteiger partial charge is 0.126 e. The SMILES string of the molecule is Clc1cnc(NC2CCCCC2)cc1C1=NC(NCC2CCOCC2)CN=C1. The number of aliphatic imine (C=N–C) groups is 2. The minimum absolute atomic E-state index is 0.00169. The van der Waals surface area contributed by atoms with Crippen LogP contribution in [0.4, 0.5) is 5.82 Å². The molecule has 1 saturated carbocycles. The van der Waals surface area contributed by atoms with E-state index in [-0.39, 0.29) is 6.17 Å². The van der Waals surface area contributed by atoms with Gasteiger partial charge in [0.1, 0.15) is 12.0 Å². The highest BCUT2D eigenvalue weighted by molar-refractivity contribution is 6.44. The van der Waals surface area contributed by atoms with Gasteiger partial charge in [0.2, 0.25) is 0 Å². The molecule has 6 nitrogen and oxygen atoms in total. The zero-order valence-electron chi connectivity index (χ0n) is 16.4. The number of ether oxygens (including phenoxy) is 1. The fourth-order valence-electron chi connectivity index (χ4n) is 4.15. The Morgan fingerprint density at radius 2 is 1.93 bits per heavy atom. The minimum atomic E-state index is 0.00169. The van der Waals surface area contributed by atoms with Crippen LogP contribution in [0.5, 0.6) is 0 Å². The third-order valence-electron chi connectivity index (χ3n) is 5.86. The Kier molecular flexibility index (Phi) is 6.94. The number of pyridine rings is 1. The standard InChI is InChI=1S/C21H30ClN5O/c22-18-12-25-20(26-16-4-2-1-3-5-16)10-17(18)19-13-23-14-21(27-19)24-11-15-6-8-28-9-7-15/h10,12-13,15-16,21,24H,1-9,11,14H2,(H,25,26). The molecule has 2 N–H and O–H groups in total. The maximum atomic E-state index is 6.45. The minimum Gasteiger partial charge on any atom is -0.381 e. The van der Waals surface area contributed by atoms with Crippen molar-refractivity contribution in [2.45, 2.75) is 57.2 Å². The molecule has 1 aliphatic carbocycles. The molecule has 152 valence electrons. The van der Waals surface area contributed by atoms with Crippen LogP contribution in [-0.2, 0) is 4.74 Å². The average molecular weight is 404 g/mol. The lowest BCUT2D eigenvalue weighted by molar-refractivity contribution is 0.0656. The molecule has 0 spiro atoms. The van der Waals surface area contributed by atoms with Gasteiger partial charge < -0.3 is 10.1 Å². The molecule has 1 aromatic heterocycles. The first-order valence-corrected chi connectivity index (χ1v) is 11.0. The summed E-state index contributed by atoms with van der Waals surface area (Å²) in [6, 6.07) is 2.52. The predicted octanol–water partition coefficient (Wildman–Crippen LogP) is 3.70. The molecule has 1 saturated heterocycles. The lowest BCUT2D eigenvalue weighted by Gasteiger charge is -2.25. The van der Waals surface area contributed by atoms with Gasteiger partial charge in [-0.25, -0.2) is 4.98 Å². The van der Waals surface area contributed by atoms with Crippen molar-refractivity contribution in [3.8, 4) is 0 Å². The quantitative estimate of drug-likeness (QED) is 0.759. The Bertz CT molecular complexity index is 711. The molecule has 1 aromatic rings. The molecule has 3 aliphatic rings. The van der Waals surface area contributed by atoms with Gasteiger partial charge in [-0.2, -0.15) is 0 Å². The van der Waals surface area contributed by atoms with E-state index in [2.05, 4.69) is 20.6 Å². The van der Waals surface area contributed by atoms with Crippen LogP contribution in [0.1, 0.15) is 50.5 Å². The summed E-state index contributed by atoms with van der Waals surface area (Å²) in [6.45, 7) is 3.36. The van der Waals surface area contributed by atoms with Gasteiger partial charge in [0.25, 0.3) is 0 Å². The molecular weight excluding hydrogens is 374 g/mol. The summed E-state index contributed by atoms with van der Waals surface area (Å²) in [5.41, 5.74) is 1.73. The van der Waals surface area contributed by atoms with Gasteiger partial charge in [0.05, 0.1) is 17.3 Å². The van der Waals surface area contributed by atoms with Crippen molar-refractivity contribution in [1.82, 2.24) is 10.3 Å². The largest absolute Gasteiger partial charge is 0.381 e. The Hall–Kier alpha value is -1.50. The number of hydrogen-bond donors (Lipinski definition) is 2. The fraction of sp³-hybridized carbons (Fsp3) is 0.667. The number of nitrogens with zero attached hydrogens (tertiary/aromatic N) is 3. The van der Waals surface area contributed by atoms with E-state index in [1.54, 1.807) is 6.20 Å². The number of hydrogen-bond acceptors (Lipinski definition) is 6. The maximum absolute atomic E-state index is 6.45. The molecule has 28 heavy (non-hydrogen) atoms. The highest BCUT2D eigenvalue weighted by Gasteiger charge is 2.20. The Morgan fingerprint density at radius 1 is 1.11 bits per heavy atom. The lowest BCUT2D eigenvalue weighted by atomic mass is 9.95. The van der Waals surface area contributed by atoms with Crippen molar-refractivity contribution in [3.05, 3.63) is 22.8 Å².